The van der Waals surface area contributed by atoms with Crippen molar-refractivity contribution in [1.29, 1.82) is 0 Å². The molecule has 8 nitrogen and oxygen atoms in total. The molecule has 0 aromatic carbocycles. The van der Waals surface area contributed by atoms with Gasteiger partial charge in [0.25, 0.3) is 0 Å². The summed E-state index contributed by atoms with van der Waals surface area (Å²) in [6.07, 6.45) is 3.96. The maximum atomic E-state index is 5.81. The van der Waals surface area contributed by atoms with Crippen LogP contribution in [0.3, 0.4) is 0 Å². The van der Waals surface area contributed by atoms with Gasteiger partial charge in [0.05, 0.1) is 37.1 Å². The van der Waals surface area contributed by atoms with E-state index in [1.165, 1.54) is 5.56 Å². The third kappa shape index (κ3) is 2.97. The van der Waals surface area contributed by atoms with Crippen molar-refractivity contribution in [1.82, 2.24) is 25.0 Å². The van der Waals surface area contributed by atoms with E-state index in [4.69, 9.17) is 19.6 Å². The zero-order valence-electron chi connectivity index (χ0n) is 16.4. The summed E-state index contributed by atoms with van der Waals surface area (Å²) < 4.78 is 13.4. The second kappa shape index (κ2) is 7.18. The fourth-order valence-corrected chi connectivity index (χ4v) is 4.38. The van der Waals surface area contributed by atoms with Crippen molar-refractivity contribution in [3.8, 4) is 11.4 Å². The summed E-state index contributed by atoms with van der Waals surface area (Å²) in [6, 6.07) is 4.49. The first-order valence-corrected chi connectivity index (χ1v) is 10.0. The quantitative estimate of drug-likeness (QED) is 0.750. The van der Waals surface area contributed by atoms with Gasteiger partial charge in [0.2, 0.25) is 0 Å². The molecule has 3 aromatic heterocycles. The number of nitrogens with one attached hydrogen (secondary N) is 1. The highest BCUT2D eigenvalue weighted by molar-refractivity contribution is 5.92. The number of aryl methyl sites for hydroxylation is 1. The van der Waals surface area contributed by atoms with Crippen LogP contribution >= 0.6 is 0 Å². The number of H-pyrrole nitrogens is 1. The van der Waals surface area contributed by atoms with Gasteiger partial charge in [0.15, 0.2) is 0 Å². The molecule has 8 heteroatoms. The molecule has 2 fully saturated rings. The van der Waals surface area contributed by atoms with Crippen molar-refractivity contribution in [2.45, 2.75) is 31.7 Å². The number of anilines is 1. The van der Waals surface area contributed by atoms with Crippen molar-refractivity contribution < 1.29 is 9.47 Å². The lowest BCUT2D eigenvalue weighted by atomic mass is 9.92. The van der Waals surface area contributed by atoms with Gasteiger partial charge in [-0.05, 0) is 37.5 Å². The van der Waals surface area contributed by atoms with Crippen LogP contribution in [0.15, 0.2) is 18.3 Å². The van der Waals surface area contributed by atoms with E-state index >= 15 is 0 Å². The number of morpholine rings is 1. The number of hydrogen-bond acceptors (Lipinski definition) is 6. The Balaban J connectivity index is 1.71. The Hall–Kier alpha value is -2.45. The second-order valence-corrected chi connectivity index (χ2v) is 7.74. The molecule has 5 heterocycles. The first-order chi connectivity index (χ1) is 13.7. The lowest BCUT2D eigenvalue weighted by molar-refractivity contribution is 0.0806. The van der Waals surface area contributed by atoms with Crippen LogP contribution in [0.25, 0.3) is 22.4 Å². The van der Waals surface area contributed by atoms with Gasteiger partial charge in [-0.15, -0.1) is 0 Å². The molecule has 1 N–H and O–H groups in total. The molecular formula is C20H26N6O2. The third-order valence-corrected chi connectivity index (χ3v) is 5.82. The van der Waals surface area contributed by atoms with E-state index in [-0.39, 0.29) is 0 Å². The molecule has 0 aliphatic carbocycles. The average molecular weight is 382 g/mol. The predicted octanol–water partition coefficient (Wildman–Crippen LogP) is 2.48. The van der Waals surface area contributed by atoms with Crippen molar-refractivity contribution in [3.63, 3.8) is 0 Å². The Labute approximate surface area is 163 Å². The number of rotatable bonds is 3. The highest BCUT2D eigenvalue weighted by atomic mass is 16.5. The van der Waals surface area contributed by atoms with Crippen molar-refractivity contribution >= 4 is 16.9 Å². The van der Waals surface area contributed by atoms with Gasteiger partial charge in [-0.25, -0.2) is 4.98 Å². The molecule has 2 saturated heterocycles. The van der Waals surface area contributed by atoms with Crippen LogP contribution in [0.4, 0.5) is 5.82 Å². The predicted molar refractivity (Wildman–Crippen MR) is 107 cm³/mol. The van der Waals surface area contributed by atoms with E-state index in [9.17, 15) is 0 Å². The molecule has 0 saturated carbocycles. The van der Waals surface area contributed by atoms with Crippen molar-refractivity contribution in [3.05, 3.63) is 23.9 Å². The maximum Gasteiger partial charge on any atom is 0.136 e. The molecular weight excluding hydrogens is 356 g/mol. The molecule has 148 valence electrons. The monoisotopic (exact) mass is 382 g/mol. The van der Waals surface area contributed by atoms with Gasteiger partial charge < -0.3 is 14.4 Å². The van der Waals surface area contributed by atoms with E-state index in [1.807, 2.05) is 17.8 Å². The van der Waals surface area contributed by atoms with Crippen molar-refractivity contribution in [2.75, 3.05) is 37.9 Å². The summed E-state index contributed by atoms with van der Waals surface area (Å²) in [6.45, 7) is 6.09. The normalized spacial score (nSPS) is 23.4. The molecule has 2 atom stereocenters. The summed E-state index contributed by atoms with van der Waals surface area (Å²) >= 11 is 0. The van der Waals surface area contributed by atoms with Crippen LogP contribution in [0.5, 0.6) is 0 Å². The maximum absolute atomic E-state index is 5.81. The summed E-state index contributed by atoms with van der Waals surface area (Å²) in [5.41, 5.74) is 5.01. The first kappa shape index (κ1) is 17.6. The van der Waals surface area contributed by atoms with E-state index < -0.39 is 0 Å². The lowest BCUT2D eigenvalue weighted by Gasteiger charge is -2.35. The summed E-state index contributed by atoms with van der Waals surface area (Å²) in [7, 11) is 1.99. The van der Waals surface area contributed by atoms with Gasteiger partial charge in [-0.3, -0.25) is 9.78 Å². The van der Waals surface area contributed by atoms with Gasteiger partial charge in [-0.1, -0.05) is 0 Å². The number of pyridine rings is 1. The number of nitrogens with zero attached hydrogens (tertiary/aromatic N) is 5. The largest absolute Gasteiger partial charge is 0.381 e. The standard InChI is InChI=1S/C20H26N6O2/c1-13-11-28-9-7-26(13)17-10-15(14-4-3-8-27-12-14)20-19(22-17)18(24-25(20)2)16-5-6-21-23-16/h5-6,10,13-14H,3-4,7-9,11-12H2,1-2H3,(H,21,23)/t13-,14-/m1/s1. The van der Waals surface area contributed by atoms with Crippen LogP contribution in [-0.2, 0) is 16.5 Å². The minimum absolute atomic E-state index is 0.293. The molecule has 0 spiro atoms. The van der Waals surface area contributed by atoms with E-state index in [2.05, 4.69) is 28.1 Å². The topological polar surface area (TPSA) is 81.1 Å². The molecule has 0 amide bonds. The Kier molecular flexibility index (Phi) is 4.52. The van der Waals surface area contributed by atoms with E-state index in [1.54, 1.807) is 6.20 Å². The third-order valence-electron chi connectivity index (χ3n) is 5.82. The Morgan fingerprint density at radius 2 is 2.11 bits per heavy atom. The SMILES string of the molecule is C[C@@H]1COCCN1c1cc([C@@H]2CCCOC2)c2c(n1)c(-c1ccn[nH]1)nn2C. The van der Waals surface area contributed by atoms with Crippen LogP contribution in [-0.4, -0.2) is 64.0 Å². The number of hydrogen-bond donors (Lipinski definition) is 1. The van der Waals surface area contributed by atoms with Gasteiger partial charge in [0, 0.05) is 32.3 Å². The first-order valence-electron chi connectivity index (χ1n) is 10.0. The van der Waals surface area contributed by atoms with Gasteiger partial charge in [-0.2, -0.15) is 10.2 Å². The molecule has 0 unspecified atom stereocenters. The number of aromatic nitrogens is 5. The minimum atomic E-state index is 0.293. The number of ether oxygens (including phenoxy) is 2. The van der Waals surface area contributed by atoms with Crippen molar-refractivity contribution in [2.24, 2.45) is 7.05 Å². The minimum Gasteiger partial charge on any atom is -0.381 e. The molecule has 2 aliphatic heterocycles. The Bertz CT molecular complexity index is 961. The van der Waals surface area contributed by atoms with Crippen LogP contribution in [0, 0.1) is 0 Å². The average Bonchev–Trinajstić information content (AvgIpc) is 3.37. The highest BCUT2D eigenvalue weighted by Crippen LogP contribution is 2.37. The fraction of sp³-hybridized carbons (Fsp3) is 0.550. The van der Waals surface area contributed by atoms with Gasteiger partial charge in [0.1, 0.15) is 17.0 Å². The molecule has 0 bridgehead atoms. The Morgan fingerprint density at radius 3 is 2.86 bits per heavy atom. The molecule has 0 radical (unpaired) electrons. The van der Waals surface area contributed by atoms with Crippen LogP contribution in [0.2, 0.25) is 0 Å². The second-order valence-electron chi connectivity index (χ2n) is 7.74. The van der Waals surface area contributed by atoms with Gasteiger partial charge >= 0.3 is 0 Å². The summed E-state index contributed by atoms with van der Waals surface area (Å²) in [5.74, 6) is 1.36. The van der Waals surface area contributed by atoms with Crippen LogP contribution < -0.4 is 4.90 Å². The molecule has 3 aromatic rings. The van der Waals surface area contributed by atoms with E-state index in [0.717, 1.165) is 74.1 Å². The summed E-state index contributed by atoms with van der Waals surface area (Å²) in [5, 5.41) is 11.9. The number of fused-ring (bicyclic) bond motifs is 1. The smallest absolute Gasteiger partial charge is 0.136 e. The fourth-order valence-electron chi connectivity index (χ4n) is 4.38. The zero-order valence-corrected chi connectivity index (χ0v) is 16.4. The number of aromatic amines is 1. The Morgan fingerprint density at radius 1 is 1.21 bits per heavy atom. The molecule has 5 rings (SSSR count). The zero-order chi connectivity index (χ0) is 19.1. The van der Waals surface area contributed by atoms with E-state index in [0.29, 0.717) is 12.0 Å². The summed E-state index contributed by atoms with van der Waals surface area (Å²) in [4.78, 5) is 7.43. The van der Waals surface area contributed by atoms with Crippen LogP contribution in [0.1, 0.15) is 31.2 Å². The molecule has 2 aliphatic rings. The molecule has 28 heavy (non-hydrogen) atoms. The lowest BCUT2D eigenvalue weighted by Crippen LogP contribution is -2.44. The highest BCUT2D eigenvalue weighted by Gasteiger charge is 2.27.